The van der Waals surface area contributed by atoms with Gasteiger partial charge in [0.25, 0.3) is 0 Å². The molecule has 2 aliphatic rings. The molecule has 1 unspecified atom stereocenters. The average Bonchev–Trinajstić information content (AvgIpc) is 3.24. The highest BCUT2D eigenvalue weighted by atomic mass is 32.1. The molecule has 0 spiro atoms. The maximum Gasteiger partial charge on any atom is 0.226 e. The van der Waals surface area contributed by atoms with Crippen molar-refractivity contribution in [3.8, 4) is 0 Å². The number of imidazole rings is 1. The van der Waals surface area contributed by atoms with Crippen molar-refractivity contribution >= 4 is 22.2 Å². The minimum Gasteiger partial charge on any atom is -0.352 e. The number of thiazole rings is 1. The second-order valence-corrected chi connectivity index (χ2v) is 7.84. The zero-order valence-corrected chi connectivity index (χ0v) is 14.2. The van der Waals surface area contributed by atoms with Gasteiger partial charge in [0.15, 0.2) is 4.96 Å². The van der Waals surface area contributed by atoms with Crippen molar-refractivity contribution in [1.82, 2.24) is 19.6 Å². The Morgan fingerprint density at radius 3 is 3.04 bits per heavy atom. The number of carbonyl (C=O) groups is 1. The van der Waals surface area contributed by atoms with Gasteiger partial charge >= 0.3 is 0 Å². The highest BCUT2D eigenvalue weighted by Crippen LogP contribution is 2.26. The smallest absolute Gasteiger partial charge is 0.226 e. The minimum absolute atomic E-state index is 0.100. The summed E-state index contributed by atoms with van der Waals surface area (Å²) in [5.74, 6) is 0.992. The summed E-state index contributed by atoms with van der Waals surface area (Å²) in [6.45, 7) is 3.37. The lowest BCUT2D eigenvalue weighted by Crippen LogP contribution is -2.38. The summed E-state index contributed by atoms with van der Waals surface area (Å²) in [7, 11) is 0. The molecule has 0 bridgehead atoms. The molecule has 124 valence electrons. The lowest BCUT2D eigenvalue weighted by Gasteiger charge is -2.20. The van der Waals surface area contributed by atoms with E-state index in [9.17, 15) is 4.79 Å². The van der Waals surface area contributed by atoms with E-state index in [1.807, 2.05) is 22.2 Å². The van der Waals surface area contributed by atoms with Crippen LogP contribution < -0.4 is 5.32 Å². The molecule has 1 saturated heterocycles. The van der Waals surface area contributed by atoms with Gasteiger partial charge in [0.2, 0.25) is 5.91 Å². The van der Waals surface area contributed by atoms with Gasteiger partial charge in [0, 0.05) is 43.4 Å². The van der Waals surface area contributed by atoms with Crippen LogP contribution in [0.25, 0.3) is 4.96 Å². The van der Waals surface area contributed by atoms with Crippen LogP contribution in [-0.4, -0.2) is 45.9 Å². The highest BCUT2D eigenvalue weighted by Gasteiger charge is 2.27. The van der Waals surface area contributed by atoms with Crippen LogP contribution in [0.3, 0.4) is 0 Å². The summed E-state index contributed by atoms with van der Waals surface area (Å²) in [6.07, 6.45) is 11.0. The van der Waals surface area contributed by atoms with Gasteiger partial charge in [0.1, 0.15) is 0 Å². The Hall–Kier alpha value is -1.40. The van der Waals surface area contributed by atoms with E-state index in [2.05, 4.69) is 15.2 Å². The number of fused-ring (bicyclic) bond motifs is 1. The van der Waals surface area contributed by atoms with E-state index in [-0.39, 0.29) is 5.91 Å². The van der Waals surface area contributed by atoms with E-state index in [1.165, 1.54) is 32.2 Å². The van der Waals surface area contributed by atoms with Crippen LogP contribution in [0.1, 0.15) is 37.8 Å². The Morgan fingerprint density at radius 2 is 2.22 bits per heavy atom. The number of likely N-dealkylation sites (tertiary alicyclic amines) is 1. The Morgan fingerprint density at radius 1 is 1.35 bits per heavy atom. The molecule has 5 nitrogen and oxygen atoms in total. The third-order valence-electron chi connectivity index (χ3n) is 5.11. The first-order chi connectivity index (χ1) is 11.3. The van der Waals surface area contributed by atoms with E-state index < -0.39 is 0 Å². The standard InChI is InChI=1S/C17H24N4OS/c22-16(9-15-12-21-7-8-23-17(21)19-15)18-14-5-6-20(11-14)10-13-3-1-2-4-13/h7-8,12-14H,1-6,9-11H2,(H,18,22). The zero-order chi connectivity index (χ0) is 15.6. The first-order valence-electron chi connectivity index (χ1n) is 8.69. The van der Waals surface area contributed by atoms with E-state index in [0.29, 0.717) is 12.5 Å². The summed E-state index contributed by atoms with van der Waals surface area (Å²) in [4.78, 5) is 20.2. The van der Waals surface area contributed by atoms with Crippen LogP contribution >= 0.6 is 11.3 Å². The molecule has 1 saturated carbocycles. The molecule has 2 aromatic heterocycles. The average molecular weight is 332 g/mol. The molecule has 0 radical (unpaired) electrons. The van der Waals surface area contributed by atoms with Crippen LogP contribution in [0.2, 0.25) is 0 Å². The fraction of sp³-hybridized carbons (Fsp3) is 0.647. The molecule has 1 N–H and O–H groups in total. The number of nitrogens with one attached hydrogen (secondary N) is 1. The topological polar surface area (TPSA) is 49.6 Å². The molecular weight excluding hydrogens is 308 g/mol. The Balaban J connectivity index is 1.25. The Kier molecular flexibility index (Phi) is 4.35. The van der Waals surface area contributed by atoms with E-state index in [4.69, 9.17) is 0 Å². The summed E-state index contributed by atoms with van der Waals surface area (Å²) >= 11 is 1.60. The molecule has 2 aromatic rings. The van der Waals surface area contributed by atoms with Gasteiger partial charge in [-0.15, -0.1) is 11.3 Å². The van der Waals surface area contributed by atoms with Crippen molar-refractivity contribution in [2.45, 2.75) is 44.6 Å². The molecule has 1 aliphatic carbocycles. The lowest BCUT2D eigenvalue weighted by atomic mass is 10.1. The van der Waals surface area contributed by atoms with Gasteiger partial charge in [-0.3, -0.25) is 9.20 Å². The number of nitrogens with zero attached hydrogens (tertiary/aromatic N) is 3. The molecule has 6 heteroatoms. The first-order valence-corrected chi connectivity index (χ1v) is 9.57. The fourth-order valence-corrected chi connectivity index (χ4v) is 4.70. The van der Waals surface area contributed by atoms with Crippen LogP contribution in [-0.2, 0) is 11.2 Å². The van der Waals surface area contributed by atoms with E-state index in [0.717, 1.165) is 36.1 Å². The van der Waals surface area contributed by atoms with Gasteiger partial charge in [-0.25, -0.2) is 4.98 Å². The van der Waals surface area contributed by atoms with Crippen LogP contribution in [0.4, 0.5) is 0 Å². The second kappa shape index (κ2) is 6.61. The van der Waals surface area contributed by atoms with Gasteiger partial charge < -0.3 is 10.2 Å². The number of hydrogen-bond acceptors (Lipinski definition) is 4. The Bertz CT molecular complexity index is 644. The van der Waals surface area contributed by atoms with Crippen molar-refractivity contribution in [3.63, 3.8) is 0 Å². The van der Waals surface area contributed by atoms with Gasteiger partial charge in [-0.1, -0.05) is 12.8 Å². The number of carbonyl (C=O) groups excluding carboxylic acids is 1. The predicted molar refractivity (Wildman–Crippen MR) is 91.7 cm³/mol. The third kappa shape index (κ3) is 3.58. The fourth-order valence-electron chi connectivity index (χ4n) is 3.98. The van der Waals surface area contributed by atoms with Crippen molar-refractivity contribution < 1.29 is 4.79 Å². The Labute approximate surface area is 140 Å². The monoisotopic (exact) mass is 332 g/mol. The SMILES string of the molecule is O=C(Cc1cn2ccsc2n1)NC1CCN(CC2CCCC2)C1. The third-order valence-corrected chi connectivity index (χ3v) is 5.88. The number of aromatic nitrogens is 2. The predicted octanol–water partition coefficient (Wildman–Crippen LogP) is 2.32. The summed E-state index contributed by atoms with van der Waals surface area (Å²) in [6, 6.07) is 0.313. The quantitative estimate of drug-likeness (QED) is 0.914. The molecule has 1 amide bonds. The number of hydrogen-bond donors (Lipinski definition) is 1. The number of amides is 1. The molecular formula is C17H24N4OS. The molecule has 0 aromatic carbocycles. The van der Waals surface area contributed by atoms with Crippen molar-refractivity contribution in [2.75, 3.05) is 19.6 Å². The highest BCUT2D eigenvalue weighted by molar-refractivity contribution is 7.15. The second-order valence-electron chi connectivity index (χ2n) is 6.97. The summed E-state index contributed by atoms with van der Waals surface area (Å²) in [5, 5.41) is 5.20. The maximum atomic E-state index is 12.2. The first kappa shape index (κ1) is 15.1. The molecule has 23 heavy (non-hydrogen) atoms. The summed E-state index contributed by atoms with van der Waals surface area (Å²) in [5.41, 5.74) is 0.857. The molecule has 2 fully saturated rings. The van der Waals surface area contributed by atoms with E-state index in [1.54, 1.807) is 11.3 Å². The molecule has 4 rings (SSSR count). The van der Waals surface area contributed by atoms with Crippen molar-refractivity contribution in [1.29, 1.82) is 0 Å². The molecule has 1 aliphatic heterocycles. The summed E-state index contributed by atoms with van der Waals surface area (Å²) < 4.78 is 1.98. The minimum atomic E-state index is 0.100. The lowest BCUT2D eigenvalue weighted by molar-refractivity contribution is -0.121. The van der Waals surface area contributed by atoms with Gasteiger partial charge in [-0.05, 0) is 25.2 Å². The van der Waals surface area contributed by atoms with Gasteiger partial charge in [-0.2, -0.15) is 0 Å². The van der Waals surface area contributed by atoms with Crippen LogP contribution in [0, 0.1) is 5.92 Å². The largest absolute Gasteiger partial charge is 0.352 e. The maximum absolute atomic E-state index is 12.2. The van der Waals surface area contributed by atoms with Crippen LogP contribution in [0.15, 0.2) is 17.8 Å². The van der Waals surface area contributed by atoms with E-state index >= 15 is 0 Å². The molecule has 1 atom stereocenters. The molecule has 3 heterocycles. The zero-order valence-electron chi connectivity index (χ0n) is 13.4. The number of rotatable bonds is 5. The van der Waals surface area contributed by atoms with Crippen molar-refractivity contribution in [3.05, 3.63) is 23.5 Å². The van der Waals surface area contributed by atoms with Gasteiger partial charge in [0.05, 0.1) is 12.1 Å². The normalized spacial score (nSPS) is 23.0. The van der Waals surface area contributed by atoms with Crippen LogP contribution in [0.5, 0.6) is 0 Å². The van der Waals surface area contributed by atoms with Crippen molar-refractivity contribution in [2.24, 2.45) is 5.92 Å².